The molecule has 31 heavy (non-hydrogen) atoms. The zero-order valence-corrected chi connectivity index (χ0v) is 19.1. The number of nitrogens with one attached hydrogen (secondary N) is 2. The fourth-order valence-corrected chi connectivity index (χ4v) is 4.46. The van der Waals surface area contributed by atoms with Gasteiger partial charge in [0.1, 0.15) is 18.2 Å². The zero-order valence-electron chi connectivity index (χ0n) is 19.1. The summed E-state index contributed by atoms with van der Waals surface area (Å²) in [6.07, 6.45) is 8.54. The summed E-state index contributed by atoms with van der Waals surface area (Å²) in [6.45, 7) is 6.57. The number of aryl methyl sites for hydroxylation is 2. The Labute approximate surface area is 185 Å². The van der Waals surface area contributed by atoms with E-state index in [9.17, 15) is 0 Å². The Bertz CT molecular complexity index is 875. The molecule has 0 spiro atoms. The van der Waals surface area contributed by atoms with Gasteiger partial charge >= 0.3 is 0 Å². The Morgan fingerprint density at radius 3 is 2.35 bits per heavy atom. The van der Waals surface area contributed by atoms with Crippen LogP contribution in [-0.4, -0.2) is 50.9 Å². The minimum Gasteiger partial charge on any atom is -0.356 e. The summed E-state index contributed by atoms with van der Waals surface area (Å²) < 4.78 is 2.01. The number of pyridine rings is 1. The molecule has 2 fully saturated rings. The van der Waals surface area contributed by atoms with Crippen LogP contribution < -0.4 is 15.5 Å². The van der Waals surface area contributed by atoms with E-state index >= 15 is 0 Å². The first-order valence-corrected chi connectivity index (χ1v) is 11.7. The van der Waals surface area contributed by atoms with Gasteiger partial charge in [-0.1, -0.05) is 25.3 Å². The van der Waals surface area contributed by atoms with E-state index in [2.05, 4.69) is 55.8 Å². The summed E-state index contributed by atoms with van der Waals surface area (Å²) >= 11 is 0. The molecular formula is C23H36N8. The quantitative estimate of drug-likeness (QED) is 0.567. The Balaban J connectivity index is 1.38. The van der Waals surface area contributed by atoms with Crippen molar-refractivity contribution in [1.82, 2.24) is 30.4 Å². The molecule has 2 N–H and O–H groups in total. The standard InChI is InChI=1S/C23H36N8/c1-17-8-7-11-21(25-17)31-14-12-20(13-15-31)27-23(26-19-9-5-4-6-10-19)24-16-22-29-28-18(2)30(22)3/h7-8,11,19-20H,4-6,9-10,12-16H2,1-3H3,(H2,24,26,27). The van der Waals surface area contributed by atoms with Crippen LogP contribution in [0, 0.1) is 13.8 Å². The van der Waals surface area contributed by atoms with Crippen molar-refractivity contribution in [2.24, 2.45) is 12.0 Å². The number of nitrogens with zero attached hydrogens (tertiary/aromatic N) is 6. The predicted molar refractivity (Wildman–Crippen MR) is 124 cm³/mol. The zero-order chi connectivity index (χ0) is 21.6. The Kier molecular flexibility index (Phi) is 7.04. The average Bonchev–Trinajstić information content (AvgIpc) is 3.11. The summed E-state index contributed by atoms with van der Waals surface area (Å²) in [5.41, 5.74) is 1.07. The number of aromatic nitrogens is 4. The molecule has 1 saturated heterocycles. The molecule has 4 rings (SSSR count). The maximum absolute atomic E-state index is 4.89. The van der Waals surface area contributed by atoms with Crippen LogP contribution in [0.5, 0.6) is 0 Å². The topological polar surface area (TPSA) is 83.3 Å². The van der Waals surface area contributed by atoms with Crippen LogP contribution in [0.1, 0.15) is 62.3 Å². The van der Waals surface area contributed by atoms with E-state index in [1.165, 1.54) is 32.1 Å². The Hall–Kier alpha value is -2.64. The molecule has 2 aromatic heterocycles. The van der Waals surface area contributed by atoms with Crippen LogP contribution in [0.2, 0.25) is 0 Å². The number of hydrogen-bond donors (Lipinski definition) is 2. The van der Waals surface area contributed by atoms with Crippen molar-refractivity contribution in [3.05, 3.63) is 35.5 Å². The van der Waals surface area contributed by atoms with Crippen molar-refractivity contribution < 1.29 is 0 Å². The van der Waals surface area contributed by atoms with Gasteiger partial charge in [0.15, 0.2) is 11.8 Å². The Morgan fingerprint density at radius 2 is 1.71 bits per heavy atom. The third-order valence-electron chi connectivity index (χ3n) is 6.54. The van der Waals surface area contributed by atoms with Gasteiger partial charge in [0, 0.05) is 37.9 Å². The highest BCUT2D eigenvalue weighted by Crippen LogP contribution is 2.19. The van der Waals surface area contributed by atoms with Crippen molar-refractivity contribution >= 4 is 11.8 Å². The van der Waals surface area contributed by atoms with Crippen LogP contribution in [-0.2, 0) is 13.6 Å². The normalized spacial score (nSPS) is 18.9. The maximum Gasteiger partial charge on any atom is 0.192 e. The lowest BCUT2D eigenvalue weighted by Gasteiger charge is -2.34. The molecule has 2 aromatic rings. The van der Waals surface area contributed by atoms with Crippen LogP contribution in [0.25, 0.3) is 0 Å². The first-order chi connectivity index (χ1) is 15.1. The number of aliphatic imine (C=N–C) groups is 1. The SMILES string of the molecule is Cc1cccc(N2CCC(NC(=NCc3nnc(C)n3C)NC3CCCCC3)CC2)n1. The second kappa shape index (κ2) is 10.1. The highest BCUT2D eigenvalue weighted by atomic mass is 15.3. The number of hydrogen-bond acceptors (Lipinski definition) is 5. The third-order valence-corrected chi connectivity index (χ3v) is 6.54. The van der Waals surface area contributed by atoms with Crippen molar-refractivity contribution in [3.63, 3.8) is 0 Å². The van der Waals surface area contributed by atoms with Gasteiger partial charge in [0.25, 0.3) is 0 Å². The number of guanidine groups is 1. The van der Waals surface area contributed by atoms with E-state index in [0.29, 0.717) is 18.6 Å². The maximum atomic E-state index is 4.89. The summed E-state index contributed by atoms with van der Waals surface area (Å²) in [4.78, 5) is 12.0. The van der Waals surface area contributed by atoms with Crippen LogP contribution in [0.3, 0.4) is 0 Å². The lowest BCUT2D eigenvalue weighted by Crippen LogP contribution is -2.51. The van der Waals surface area contributed by atoms with E-state index < -0.39 is 0 Å². The lowest BCUT2D eigenvalue weighted by molar-refractivity contribution is 0.401. The minimum atomic E-state index is 0.414. The van der Waals surface area contributed by atoms with E-state index in [0.717, 1.165) is 55.1 Å². The largest absolute Gasteiger partial charge is 0.356 e. The molecule has 0 amide bonds. The monoisotopic (exact) mass is 424 g/mol. The Morgan fingerprint density at radius 1 is 1.00 bits per heavy atom. The van der Waals surface area contributed by atoms with Gasteiger partial charge in [-0.2, -0.15) is 0 Å². The molecule has 1 aliphatic heterocycles. The molecular weight excluding hydrogens is 388 g/mol. The van der Waals surface area contributed by atoms with Gasteiger partial charge in [-0.05, 0) is 51.7 Å². The van der Waals surface area contributed by atoms with Gasteiger partial charge in [0.05, 0.1) is 0 Å². The van der Waals surface area contributed by atoms with Crippen LogP contribution in [0.4, 0.5) is 5.82 Å². The number of piperidine rings is 1. The molecule has 0 aromatic carbocycles. The van der Waals surface area contributed by atoms with Gasteiger partial charge in [-0.15, -0.1) is 10.2 Å². The summed E-state index contributed by atoms with van der Waals surface area (Å²) in [5, 5.41) is 15.9. The first kappa shape index (κ1) is 21.6. The van der Waals surface area contributed by atoms with E-state index in [-0.39, 0.29) is 0 Å². The van der Waals surface area contributed by atoms with Crippen molar-refractivity contribution in [2.75, 3.05) is 18.0 Å². The molecule has 8 nitrogen and oxygen atoms in total. The molecule has 3 heterocycles. The molecule has 8 heteroatoms. The molecule has 0 radical (unpaired) electrons. The second-order valence-corrected chi connectivity index (χ2v) is 8.91. The number of anilines is 1. The molecule has 0 bridgehead atoms. The fraction of sp³-hybridized carbons (Fsp3) is 0.652. The highest BCUT2D eigenvalue weighted by molar-refractivity contribution is 5.80. The summed E-state index contributed by atoms with van der Waals surface area (Å²) in [7, 11) is 2.00. The van der Waals surface area contributed by atoms with Crippen molar-refractivity contribution in [3.8, 4) is 0 Å². The molecule has 1 saturated carbocycles. The summed E-state index contributed by atoms with van der Waals surface area (Å²) in [6, 6.07) is 7.18. The molecule has 0 unspecified atom stereocenters. The van der Waals surface area contributed by atoms with Gasteiger partial charge in [0.2, 0.25) is 0 Å². The summed E-state index contributed by atoms with van der Waals surface area (Å²) in [5.74, 6) is 3.81. The molecule has 168 valence electrons. The van der Waals surface area contributed by atoms with Crippen molar-refractivity contribution in [1.29, 1.82) is 0 Å². The third kappa shape index (κ3) is 5.74. The minimum absolute atomic E-state index is 0.414. The first-order valence-electron chi connectivity index (χ1n) is 11.7. The van der Waals surface area contributed by atoms with Crippen molar-refractivity contribution in [2.45, 2.75) is 77.4 Å². The molecule has 2 aliphatic rings. The van der Waals surface area contributed by atoms with E-state index in [1.54, 1.807) is 0 Å². The highest BCUT2D eigenvalue weighted by Gasteiger charge is 2.22. The lowest BCUT2D eigenvalue weighted by atomic mass is 9.95. The van der Waals surface area contributed by atoms with Crippen LogP contribution >= 0.6 is 0 Å². The molecule has 0 atom stereocenters. The predicted octanol–water partition coefficient (Wildman–Crippen LogP) is 2.86. The molecule has 1 aliphatic carbocycles. The number of rotatable bonds is 5. The fourth-order valence-electron chi connectivity index (χ4n) is 4.46. The average molecular weight is 425 g/mol. The smallest absolute Gasteiger partial charge is 0.192 e. The van der Waals surface area contributed by atoms with Gasteiger partial charge in [-0.3, -0.25) is 0 Å². The van der Waals surface area contributed by atoms with Gasteiger partial charge < -0.3 is 20.1 Å². The second-order valence-electron chi connectivity index (χ2n) is 8.91. The van der Waals surface area contributed by atoms with E-state index in [4.69, 9.17) is 4.99 Å². The van der Waals surface area contributed by atoms with Gasteiger partial charge in [-0.25, -0.2) is 9.98 Å². The van der Waals surface area contributed by atoms with E-state index in [1.807, 2.05) is 18.5 Å². The van der Waals surface area contributed by atoms with Crippen LogP contribution in [0.15, 0.2) is 23.2 Å².